The van der Waals surface area contributed by atoms with E-state index in [0.717, 1.165) is 12.2 Å². The van der Waals surface area contributed by atoms with E-state index < -0.39 is 11.9 Å². The summed E-state index contributed by atoms with van der Waals surface area (Å²) < 4.78 is 8.94. The van der Waals surface area contributed by atoms with Gasteiger partial charge in [0.1, 0.15) is 6.61 Å². The predicted octanol–water partition coefficient (Wildman–Crippen LogP) is 0.835. The molecule has 0 amide bonds. The summed E-state index contributed by atoms with van der Waals surface area (Å²) in [4.78, 5) is 21.3. The third kappa shape index (κ3) is 6.80. The topological polar surface area (TPSA) is 52.6 Å². The average Bonchev–Trinajstić information content (AvgIpc) is 2.14. The average molecular weight is 184 g/mol. The summed E-state index contributed by atoms with van der Waals surface area (Å²) in [5, 5.41) is 0. The van der Waals surface area contributed by atoms with Crippen LogP contribution in [0.15, 0.2) is 24.3 Å². The fraction of sp³-hybridized carbons (Fsp3) is 0.333. The Morgan fingerprint density at radius 2 is 1.85 bits per heavy atom. The third-order valence-corrected chi connectivity index (χ3v) is 1.11. The SMILES string of the molecule is CC=CCOC(=O)/C=C\C(=O)OC. The molecule has 0 fully saturated rings. The molecule has 0 aromatic carbocycles. The first-order valence-corrected chi connectivity index (χ1v) is 3.74. The molecule has 0 heterocycles. The number of carbonyl (C=O) groups excluding carboxylic acids is 2. The molecule has 0 rings (SSSR count). The summed E-state index contributed by atoms with van der Waals surface area (Å²) in [7, 11) is 1.23. The quantitative estimate of drug-likeness (QED) is 0.369. The van der Waals surface area contributed by atoms with Crippen molar-refractivity contribution in [1.82, 2.24) is 0 Å². The molecular formula is C9H12O4. The second-order valence-electron chi connectivity index (χ2n) is 2.06. The Hall–Kier alpha value is -1.58. The van der Waals surface area contributed by atoms with Gasteiger partial charge in [0, 0.05) is 12.2 Å². The second kappa shape index (κ2) is 7.09. The molecular weight excluding hydrogens is 172 g/mol. The first-order valence-electron chi connectivity index (χ1n) is 3.74. The molecule has 0 saturated heterocycles. The van der Waals surface area contributed by atoms with E-state index in [9.17, 15) is 9.59 Å². The predicted molar refractivity (Wildman–Crippen MR) is 46.9 cm³/mol. The highest BCUT2D eigenvalue weighted by atomic mass is 16.5. The summed E-state index contributed by atoms with van der Waals surface area (Å²) in [6.07, 6.45) is 5.48. The van der Waals surface area contributed by atoms with Crippen molar-refractivity contribution in [3.8, 4) is 0 Å². The van der Waals surface area contributed by atoms with Crippen LogP contribution in [0.4, 0.5) is 0 Å². The normalized spacial score (nSPS) is 10.6. The van der Waals surface area contributed by atoms with Gasteiger partial charge >= 0.3 is 11.9 Å². The van der Waals surface area contributed by atoms with Gasteiger partial charge in [-0.05, 0) is 6.92 Å². The molecule has 0 aliphatic rings. The molecule has 0 radical (unpaired) electrons. The van der Waals surface area contributed by atoms with E-state index in [1.165, 1.54) is 7.11 Å². The van der Waals surface area contributed by atoms with Crippen molar-refractivity contribution in [2.45, 2.75) is 6.92 Å². The zero-order valence-corrected chi connectivity index (χ0v) is 7.65. The van der Waals surface area contributed by atoms with Gasteiger partial charge in [0.2, 0.25) is 0 Å². The van der Waals surface area contributed by atoms with Gasteiger partial charge in [0.25, 0.3) is 0 Å². The van der Waals surface area contributed by atoms with Crippen molar-refractivity contribution in [1.29, 1.82) is 0 Å². The Bertz CT molecular complexity index is 228. The molecule has 0 atom stereocenters. The Balaban J connectivity index is 3.73. The van der Waals surface area contributed by atoms with E-state index in [-0.39, 0.29) is 6.61 Å². The van der Waals surface area contributed by atoms with Crippen molar-refractivity contribution < 1.29 is 19.1 Å². The van der Waals surface area contributed by atoms with E-state index >= 15 is 0 Å². The van der Waals surface area contributed by atoms with Crippen LogP contribution in [-0.2, 0) is 19.1 Å². The fourth-order valence-corrected chi connectivity index (χ4v) is 0.479. The summed E-state index contributed by atoms with van der Waals surface area (Å²) in [6, 6.07) is 0. The number of ether oxygens (including phenoxy) is 2. The second-order valence-corrected chi connectivity index (χ2v) is 2.06. The zero-order valence-electron chi connectivity index (χ0n) is 7.65. The maximum absolute atomic E-state index is 10.8. The Morgan fingerprint density at radius 1 is 1.23 bits per heavy atom. The zero-order chi connectivity index (χ0) is 10.1. The minimum absolute atomic E-state index is 0.209. The highest BCUT2D eigenvalue weighted by molar-refractivity contribution is 5.91. The Labute approximate surface area is 76.8 Å². The number of hydrogen-bond acceptors (Lipinski definition) is 4. The number of carbonyl (C=O) groups is 2. The number of allylic oxidation sites excluding steroid dienone is 1. The standard InChI is InChI=1S/C9H12O4/c1-3-4-7-13-9(11)6-5-8(10)12-2/h3-6H,7H2,1-2H3/b4-3?,6-5-. The number of esters is 2. The Morgan fingerprint density at radius 3 is 2.38 bits per heavy atom. The van der Waals surface area contributed by atoms with Crippen LogP contribution in [0.5, 0.6) is 0 Å². The minimum Gasteiger partial charge on any atom is -0.466 e. The van der Waals surface area contributed by atoms with Crippen LogP contribution < -0.4 is 0 Å². The van der Waals surface area contributed by atoms with Crippen LogP contribution in [0.25, 0.3) is 0 Å². The van der Waals surface area contributed by atoms with E-state index in [1.807, 2.05) is 6.92 Å². The molecule has 0 aromatic heterocycles. The molecule has 0 saturated carbocycles. The molecule has 0 aromatic rings. The number of rotatable bonds is 4. The molecule has 0 aliphatic carbocycles. The van der Waals surface area contributed by atoms with E-state index in [2.05, 4.69) is 9.47 Å². The van der Waals surface area contributed by atoms with Gasteiger partial charge in [-0.1, -0.05) is 12.2 Å². The van der Waals surface area contributed by atoms with Crippen molar-refractivity contribution >= 4 is 11.9 Å². The molecule has 4 nitrogen and oxygen atoms in total. The van der Waals surface area contributed by atoms with Gasteiger partial charge in [-0.15, -0.1) is 0 Å². The molecule has 4 heteroatoms. The minimum atomic E-state index is -0.581. The smallest absolute Gasteiger partial charge is 0.331 e. The lowest BCUT2D eigenvalue weighted by Gasteiger charge is -1.95. The maximum Gasteiger partial charge on any atom is 0.331 e. The lowest BCUT2D eigenvalue weighted by atomic mass is 10.5. The van der Waals surface area contributed by atoms with Gasteiger partial charge in [-0.25, -0.2) is 9.59 Å². The lowest BCUT2D eigenvalue weighted by Crippen LogP contribution is -2.02. The van der Waals surface area contributed by atoms with E-state index in [1.54, 1.807) is 12.2 Å². The van der Waals surface area contributed by atoms with Crippen molar-refractivity contribution in [2.75, 3.05) is 13.7 Å². The summed E-state index contributed by atoms with van der Waals surface area (Å²) in [6.45, 7) is 2.03. The van der Waals surface area contributed by atoms with Gasteiger partial charge in [0.15, 0.2) is 0 Å². The highest BCUT2D eigenvalue weighted by Crippen LogP contribution is 1.84. The Kier molecular flexibility index (Phi) is 6.23. The molecule has 0 spiro atoms. The monoisotopic (exact) mass is 184 g/mol. The number of hydrogen-bond donors (Lipinski definition) is 0. The van der Waals surface area contributed by atoms with E-state index in [0.29, 0.717) is 0 Å². The van der Waals surface area contributed by atoms with Crippen molar-refractivity contribution in [2.24, 2.45) is 0 Å². The fourth-order valence-electron chi connectivity index (χ4n) is 0.479. The molecule has 72 valence electrons. The van der Waals surface area contributed by atoms with Gasteiger partial charge in [-0.3, -0.25) is 0 Å². The summed E-state index contributed by atoms with van der Waals surface area (Å²) in [5.41, 5.74) is 0. The van der Waals surface area contributed by atoms with Crippen LogP contribution in [-0.4, -0.2) is 25.7 Å². The summed E-state index contributed by atoms with van der Waals surface area (Å²) in [5.74, 6) is -1.15. The van der Waals surface area contributed by atoms with Crippen LogP contribution in [0.2, 0.25) is 0 Å². The summed E-state index contributed by atoms with van der Waals surface area (Å²) >= 11 is 0. The molecule has 0 bridgehead atoms. The van der Waals surface area contributed by atoms with Crippen LogP contribution in [0, 0.1) is 0 Å². The first kappa shape index (κ1) is 11.4. The van der Waals surface area contributed by atoms with Crippen molar-refractivity contribution in [3.63, 3.8) is 0 Å². The largest absolute Gasteiger partial charge is 0.466 e. The third-order valence-electron chi connectivity index (χ3n) is 1.11. The van der Waals surface area contributed by atoms with Gasteiger partial charge in [0.05, 0.1) is 7.11 Å². The van der Waals surface area contributed by atoms with Crippen molar-refractivity contribution in [3.05, 3.63) is 24.3 Å². The molecule has 0 aliphatic heterocycles. The van der Waals surface area contributed by atoms with Crippen LogP contribution in [0.1, 0.15) is 6.92 Å². The molecule has 0 N–H and O–H groups in total. The van der Waals surface area contributed by atoms with Crippen LogP contribution >= 0.6 is 0 Å². The first-order chi connectivity index (χ1) is 6.20. The van der Waals surface area contributed by atoms with Gasteiger partial charge in [-0.2, -0.15) is 0 Å². The molecule has 0 unspecified atom stereocenters. The number of methoxy groups -OCH3 is 1. The lowest BCUT2D eigenvalue weighted by molar-refractivity contribution is -0.138. The molecule has 13 heavy (non-hydrogen) atoms. The van der Waals surface area contributed by atoms with Gasteiger partial charge < -0.3 is 9.47 Å². The maximum atomic E-state index is 10.8. The van der Waals surface area contributed by atoms with Crippen LogP contribution in [0.3, 0.4) is 0 Å². The van der Waals surface area contributed by atoms with E-state index in [4.69, 9.17) is 0 Å². The highest BCUT2D eigenvalue weighted by Gasteiger charge is 1.96.